The molecule has 122 valence electrons. The summed E-state index contributed by atoms with van der Waals surface area (Å²) in [5.41, 5.74) is 7.03. The average Bonchev–Trinajstić information content (AvgIpc) is 2.74. The standard InChI is InChI=1S/C16H27N5O/c17-10-15(13-6-3-1-2-4-7-13)16(22)20-8-5-9-21-14(12-20)11-18-19-21/h11,13,15H,1-10,12,17H2. The molecule has 1 aromatic rings. The second kappa shape index (κ2) is 7.22. The van der Waals surface area contributed by atoms with Crippen LogP contribution in [0.25, 0.3) is 0 Å². The van der Waals surface area contributed by atoms with Crippen LogP contribution in [0.3, 0.4) is 0 Å². The Morgan fingerprint density at radius 1 is 1.23 bits per heavy atom. The SMILES string of the molecule is NCC(C(=O)N1CCCn2nncc2C1)C1CCCCCC1. The molecule has 1 atom stereocenters. The Bertz CT molecular complexity index is 492. The number of hydrogen-bond donors (Lipinski definition) is 1. The number of hydrogen-bond acceptors (Lipinski definition) is 4. The van der Waals surface area contributed by atoms with E-state index in [0.29, 0.717) is 19.0 Å². The van der Waals surface area contributed by atoms with Crippen molar-refractivity contribution in [1.29, 1.82) is 0 Å². The molecule has 0 bridgehead atoms. The van der Waals surface area contributed by atoms with Crippen LogP contribution in [0.15, 0.2) is 6.20 Å². The van der Waals surface area contributed by atoms with Crippen LogP contribution in [0.4, 0.5) is 0 Å². The van der Waals surface area contributed by atoms with Gasteiger partial charge in [-0.2, -0.15) is 0 Å². The lowest BCUT2D eigenvalue weighted by atomic mass is 9.85. The largest absolute Gasteiger partial charge is 0.336 e. The van der Waals surface area contributed by atoms with Gasteiger partial charge in [0.1, 0.15) is 0 Å². The van der Waals surface area contributed by atoms with Gasteiger partial charge in [-0.3, -0.25) is 4.79 Å². The summed E-state index contributed by atoms with van der Waals surface area (Å²) in [6, 6.07) is 0. The molecule has 1 aromatic heterocycles. The Balaban J connectivity index is 1.70. The third-order valence-electron chi connectivity index (χ3n) is 5.20. The molecule has 3 rings (SSSR count). The Morgan fingerprint density at radius 2 is 2.00 bits per heavy atom. The first-order valence-electron chi connectivity index (χ1n) is 8.66. The zero-order valence-electron chi connectivity index (χ0n) is 13.3. The zero-order chi connectivity index (χ0) is 15.4. The van der Waals surface area contributed by atoms with Gasteiger partial charge in [0, 0.05) is 19.6 Å². The molecule has 1 fully saturated rings. The molecule has 0 radical (unpaired) electrons. The third kappa shape index (κ3) is 3.32. The van der Waals surface area contributed by atoms with E-state index in [4.69, 9.17) is 5.73 Å². The number of carbonyl (C=O) groups excluding carboxylic acids is 1. The van der Waals surface area contributed by atoms with E-state index in [1.54, 1.807) is 6.20 Å². The summed E-state index contributed by atoms with van der Waals surface area (Å²) in [5, 5.41) is 8.04. The van der Waals surface area contributed by atoms with Gasteiger partial charge in [0.05, 0.1) is 24.4 Å². The first-order chi connectivity index (χ1) is 10.8. The van der Waals surface area contributed by atoms with Gasteiger partial charge >= 0.3 is 0 Å². The maximum absolute atomic E-state index is 13.0. The first-order valence-corrected chi connectivity index (χ1v) is 8.66. The molecule has 2 heterocycles. The lowest BCUT2D eigenvalue weighted by molar-refractivity contribution is -0.137. The minimum atomic E-state index is -0.0134. The molecule has 1 unspecified atom stereocenters. The van der Waals surface area contributed by atoms with Crippen molar-refractivity contribution in [3.63, 3.8) is 0 Å². The minimum Gasteiger partial charge on any atom is -0.336 e. The van der Waals surface area contributed by atoms with Gasteiger partial charge in [-0.25, -0.2) is 4.68 Å². The number of nitrogens with two attached hydrogens (primary N) is 1. The van der Waals surface area contributed by atoms with Gasteiger partial charge in [0.15, 0.2) is 0 Å². The number of amides is 1. The Labute approximate surface area is 132 Å². The first kappa shape index (κ1) is 15.5. The minimum absolute atomic E-state index is 0.0134. The van der Waals surface area contributed by atoms with Crippen molar-refractivity contribution < 1.29 is 4.79 Å². The monoisotopic (exact) mass is 305 g/mol. The van der Waals surface area contributed by atoms with Gasteiger partial charge in [-0.15, -0.1) is 5.10 Å². The van der Waals surface area contributed by atoms with E-state index in [2.05, 4.69) is 10.3 Å². The highest BCUT2D eigenvalue weighted by Gasteiger charge is 2.32. The summed E-state index contributed by atoms with van der Waals surface area (Å²) in [5.74, 6) is 0.691. The molecular formula is C16H27N5O. The van der Waals surface area contributed by atoms with Crippen molar-refractivity contribution in [2.75, 3.05) is 13.1 Å². The van der Waals surface area contributed by atoms with Crippen LogP contribution < -0.4 is 5.73 Å². The smallest absolute Gasteiger partial charge is 0.227 e. The summed E-state index contributed by atoms with van der Waals surface area (Å²) in [4.78, 5) is 15.0. The molecular weight excluding hydrogens is 278 g/mol. The lowest BCUT2D eigenvalue weighted by Gasteiger charge is -2.30. The fourth-order valence-electron chi connectivity index (χ4n) is 3.91. The Kier molecular flexibility index (Phi) is 5.08. The maximum atomic E-state index is 13.0. The molecule has 0 spiro atoms. The van der Waals surface area contributed by atoms with E-state index in [1.165, 1.54) is 25.7 Å². The maximum Gasteiger partial charge on any atom is 0.227 e. The van der Waals surface area contributed by atoms with Crippen molar-refractivity contribution in [2.24, 2.45) is 17.6 Å². The molecule has 6 nitrogen and oxygen atoms in total. The number of carbonyl (C=O) groups is 1. The van der Waals surface area contributed by atoms with Crippen LogP contribution in [-0.4, -0.2) is 38.9 Å². The number of nitrogens with zero attached hydrogens (tertiary/aromatic N) is 4. The third-order valence-corrected chi connectivity index (χ3v) is 5.20. The van der Waals surface area contributed by atoms with Crippen LogP contribution in [-0.2, 0) is 17.9 Å². The lowest BCUT2D eigenvalue weighted by Crippen LogP contribution is -2.42. The predicted molar refractivity (Wildman–Crippen MR) is 83.8 cm³/mol. The van der Waals surface area contributed by atoms with Gasteiger partial charge in [0.25, 0.3) is 0 Å². The molecule has 0 saturated heterocycles. The van der Waals surface area contributed by atoms with Gasteiger partial charge in [0.2, 0.25) is 5.91 Å². The number of rotatable bonds is 3. The second-order valence-electron chi connectivity index (χ2n) is 6.66. The average molecular weight is 305 g/mol. The van der Waals surface area contributed by atoms with E-state index < -0.39 is 0 Å². The summed E-state index contributed by atoms with van der Waals surface area (Å²) < 4.78 is 1.91. The Hall–Kier alpha value is -1.43. The zero-order valence-corrected chi connectivity index (χ0v) is 13.3. The summed E-state index contributed by atoms with van der Waals surface area (Å²) in [6.07, 6.45) is 10.1. The molecule has 2 N–H and O–H groups in total. The van der Waals surface area contributed by atoms with Crippen molar-refractivity contribution >= 4 is 5.91 Å². The summed E-state index contributed by atoms with van der Waals surface area (Å²) in [7, 11) is 0. The topological polar surface area (TPSA) is 77.0 Å². The summed E-state index contributed by atoms with van der Waals surface area (Å²) in [6.45, 7) is 2.73. The Morgan fingerprint density at radius 3 is 2.73 bits per heavy atom. The highest BCUT2D eigenvalue weighted by atomic mass is 16.2. The van der Waals surface area contributed by atoms with Crippen LogP contribution in [0, 0.1) is 11.8 Å². The van der Waals surface area contributed by atoms with Crippen molar-refractivity contribution in [3.8, 4) is 0 Å². The molecule has 1 amide bonds. The molecule has 2 aliphatic rings. The molecule has 6 heteroatoms. The normalized spacial score (nSPS) is 21.8. The molecule has 1 saturated carbocycles. The van der Waals surface area contributed by atoms with E-state index in [0.717, 1.165) is 38.0 Å². The van der Waals surface area contributed by atoms with E-state index >= 15 is 0 Å². The van der Waals surface area contributed by atoms with Gasteiger partial charge in [-0.05, 0) is 25.2 Å². The van der Waals surface area contributed by atoms with E-state index in [9.17, 15) is 4.79 Å². The van der Waals surface area contributed by atoms with Gasteiger partial charge < -0.3 is 10.6 Å². The highest BCUT2D eigenvalue weighted by Crippen LogP contribution is 2.30. The van der Waals surface area contributed by atoms with Crippen LogP contribution in [0.5, 0.6) is 0 Å². The van der Waals surface area contributed by atoms with E-state index in [-0.39, 0.29) is 11.8 Å². The molecule has 22 heavy (non-hydrogen) atoms. The molecule has 1 aliphatic heterocycles. The number of aromatic nitrogens is 3. The van der Waals surface area contributed by atoms with Crippen LogP contribution in [0.2, 0.25) is 0 Å². The predicted octanol–water partition coefficient (Wildman–Crippen LogP) is 1.56. The van der Waals surface area contributed by atoms with Crippen molar-refractivity contribution in [3.05, 3.63) is 11.9 Å². The number of aryl methyl sites for hydroxylation is 1. The van der Waals surface area contributed by atoms with Crippen molar-refractivity contribution in [1.82, 2.24) is 19.9 Å². The van der Waals surface area contributed by atoms with E-state index in [1.807, 2.05) is 9.58 Å². The quantitative estimate of drug-likeness (QED) is 0.860. The van der Waals surface area contributed by atoms with Crippen LogP contribution >= 0.6 is 0 Å². The fourth-order valence-corrected chi connectivity index (χ4v) is 3.91. The highest BCUT2D eigenvalue weighted by molar-refractivity contribution is 5.79. The van der Waals surface area contributed by atoms with Gasteiger partial charge in [-0.1, -0.05) is 30.9 Å². The van der Waals surface area contributed by atoms with Crippen LogP contribution in [0.1, 0.15) is 50.6 Å². The summed E-state index contributed by atoms with van der Waals surface area (Å²) >= 11 is 0. The van der Waals surface area contributed by atoms with Crippen molar-refractivity contribution in [2.45, 2.75) is 58.0 Å². The molecule has 1 aliphatic carbocycles. The second-order valence-corrected chi connectivity index (χ2v) is 6.66. The molecule has 0 aromatic carbocycles. The fraction of sp³-hybridized carbons (Fsp3) is 0.812. The number of fused-ring (bicyclic) bond motifs is 1.